The molecule has 0 aromatic carbocycles. The summed E-state index contributed by atoms with van der Waals surface area (Å²) in [6, 6.07) is 0. The van der Waals surface area contributed by atoms with Crippen LogP contribution in [0, 0.1) is 0 Å². The summed E-state index contributed by atoms with van der Waals surface area (Å²) in [7, 11) is -4.67. The van der Waals surface area contributed by atoms with E-state index in [9.17, 15) is 0 Å². The van der Waals surface area contributed by atoms with Gasteiger partial charge in [-0.15, -0.1) is 0 Å². The maximum Gasteiger partial charge on any atom is 0.394 e. The molecule has 0 fully saturated rings. The van der Waals surface area contributed by atoms with Crippen molar-refractivity contribution < 1.29 is 37.4 Å². The highest BCUT2D eigenvalue weighted by molar-refractivity contribution is 7.79. The second-order valence-corrected chi connectivity index (χ2v) is 3.11. The Hall–Kier alpha value is -0.330. The van der Waals surface area contributed by atoms with Crippen molar-refractivity contribution in [2.45, 2.75) is 6.92 Å². The van der Waals surface area contributed by atoms with Gasteiger partial charge in [0, 0.05) is 6.54 Å². The molecule has 0 aliphatic heterocycles. The molecule has 0 saturated heterocycles. The van der Waals surface area contributed by atoms with Gasteiger partial charge >= 0.3 is 10.4 Å². The van der Waals surface area contributed by atoms with E-state index in [4.69, 9.17) is 37.4 Å². The van der Waals surface area contributed by atoms with Crippen molar-refractivity contribution in [3.63, 3.8) is 0 Å². The van der Waals surface area contributed by atoms with Gasteiger partial charge in [0.15, 0.2) is 0 Å². The van der Waals surface area contributed by atoms with Crippen molar-refractivity contribution >= 4 is 10.4 Å². The molecule has 0 radical (unpaired) electrons. The first-order valence-corrected chi connectivity index (χ1v) is 5.69. The molecule has 0 aromatic rings. The van der Waals surface area contributed by atoms with Crippen LogP contribution in [0.5, 0.6) is 0 Å². The second kappa shape index (κ2) is 11.2. The number of nitrogens with zero attached hydrogens (tertiary/aromatic N) is 1. The van der Waals surface area contributed by atoms with Gasteiger partial charge in [0.1, 0.15) is 0 Å². The Labute approximate surface area is 93.7 Å². The van der Waals surface area contributed by atoms with Crippen LogP contribution in [-0.4, -0.2) is 65.9 Å². The van der Waals surface area contributed by atoms with Gasteiger partial charge in [-0.3, -0.25) is 18.8 Å². The van der Waals surface area contributed by atoms with Crippen LogP contribution >= 0.6 is 0 Å². The average molecular weight is 263 g/mol. The molecule has 16 heavy (non-hydrogen) atoms. The Morgan fingerprint density at radius 2 is 1.38 bits per heavy atom. The lowest BCUT2D eigenvalue weighted by molar-refractivity contribution is -0.369. The molecular formula is C6H17NO8S. The van der Waals surface area contributed by atoms with Gasteiger partial charge < -0.3 is 10.2 Å². The van der Waals surface area contributed by atoms with Crippen LogP contribution in [0.25, 0.3) is 0 Å². The normalized spacial score (nSPS) is 11.1. The first-order valence-electron chi connectivity index (χ1n) is 4.30. The Balaban J connectivity index is 0. The third kappa shape index (κ3) is 23.5. The minimum Gasteiger partial charge on any atom is -0.394 e. The van der Waals surface area contributed by atoms with Crippen LogP contribution < -0.4 is 0 Å². The predicted octanol–water partition coefficient (Wildman–Crippen LogP) is -1.50. The summed E-state index contributed by atoms with van der Waals surface area (Å²) in [4.78, 5) is 9.78. The van der Waals surface area contributed by atoms with Crippen LogP contribution in [0.1, 0.15) is 6.92 Å². The fraction of sp³-hybridized carbons (Fsp3) is 1.00. The maximum absolute atomic E-state index is 8.74. The molecule has 0 saturated carbocycles. The minimum atomic E-state index is -4.67. The van der Waals surface area contributed by atoms with Gasteiger partial charge in [0.05, 0.1) is 26.4 Å². The van der Waals surface area contributed by atoms with E-state index in [1.54, 1.807) is 0 Å². The molecule has 0 amide bonds. The van der Waals surface area contributed by atoms with Gasteiger partial charge in [0.25, 0.3) is 0 Å². The van der Waals surface area contributed by atoms with Crippen molar-refractivity contribution in [1.29, 1.82) is 0 Å². The highest BCUT2D eigenvalue weighted by Crippen LogP contribution is 1.90. The standard InChI is InChI=1S/C6H15NO4.H2O4S/c1-2-7(10-5-3-8)11-6-4-9;1-5(2,3)4/h8-9H,2-6H2,1H3;(H2,1,2,3,4). The SMILES string of the molecule is CCN(OCCO)OCCO.O=S(=O)(O)O. The van der Waals surface area contributed by atoms with E-state index in [1.807, 2.05) is 6.92 Å². The summed E-state index contributed by atoms with van der Waals surface area (Å²) in [5.74, 6) is 0. The second-order valence-electron chi connectivity index (χ2n) is 2.21. The maximum atomic E-state index is 8.74. The molecule has 100 valence electrons. The fourth-order valence-corrected chi connectivity index (χ4v) is 0.505. The molecule has 0 atom stereocenters. The summed E-state index contributed by atoms with van der Waals surface area (Å²) in [6.45, 7) is 2.73. The molecule has 0 spiro atoms. The van der Waals surface area contributed by atoms with Crippen LogP contribution in [0.15, 0.2) is 0 Å². The molecule has 4 N–H and O–H groups in total. The van der Waals surface area contributed by atoms with Crippen molar-refractivity contribution in [2.24, 2.45) is 0 Å². The van der Waals surface area contributed by atoms with E-state index in [1.165, 1.54) is 5.23 Å². The molecule has 0 heterocycles. The molecule has 10 heteroatoms. The highest BCUT2D eigenvalue weighted by atomic mass is 32.3. The Morgan fingerprint density at radius 1 is 1.06 bits per heavy atom. The summed E-state index contributed by atoms with van der Waals surface area (Å²) < 4.78 is 31.6. The Bertz CT molecular complexity index is 215. The molecular weight excluding hydrogens is 246 g/mol. The van der Waals surface area contributed by atoms with E-state index in [0.29, 0.717) is 6.54 Å². The topological polar surface area (TPSA) is 137 Å². The van der Waals surface area contributed by atoms with Crippen molar-refractivity contribution in [3.8, 4) is 0 Å². The molecule has 0 rings (SSSR count). The van der Waals surface area contributed by atoms with Gasteiger partial charge in [-0.25, -0.2) is 0 Å². The van der Waals surface area contributed by atoms with Crippen LogP contribution in [0.4, 0.5) is 0 Å². The minimum absolute atomic E-state index is 0.0427. The van der Waals surface area contributed by atoms with E-state index in [0.717, 1.165) is 0 Å². The quantitative estimate of drug-likeness (QED) is 0.319. The summed E-state index contributed by atoms with van der Waals surface area (Å²) >= 11 is 0. The predicted molar refractivity (Wildman–Crippen MR) is 52.6 cm³/mol. The monoisotopic (exact) mass is 263 g/mol. The number of hydrogen-bond acceptors (Lipinski definition) is 7. The molecule has 0 aliphatic rings. The lowest BCUT2D eigenvalue weighted by Crippen LogP contribution is -2.26. The fourth-order valence-electron chi connectivity index (χ4n) is 0.505. The van der Waals surface area contributed by atoms with Crippen LogP contribution in [0.2, 0.25) is 0 Å². The largest absolute Gasteiger partial charge is 0.394 e. The third-order valence-electron chi connectivity index (χ3n) is 0.911. The van der Waals surface area contributed by atoms with E-state index >= 15 is 0 Å². The lowest BCUT2D eigenvalue weighted by Gasteiger charge is -2.17. The van der Waals surface area contributed by atoms with Gasteiger partial charge in [-0.2, -0.15) is 8.42 Å². The zero-order valence-electron chi connectivity index (χ0n) is 8.81. The molecule has 9 nitrogen and oxygen atoms in total. The zero-order valence-corrected chi connectivity index (χ0v) is 9.63. The highest BCUT2D eigenvalue weighted by Gasteiger charge is 2.00. The first-order chi connectivity index (χ1) is 7.35. The summed E-state index contributed by atoms with van der Waals surface area (Å²) in [5, 5.41) is 18.0. The number of hydrogen-bond donors (Lipinski definition) is 4. The Kier molecular flexibility index (Phi) is 12.6. The number of aliphatic hydroxyl groups is 2. The van der Waals surface area contributed by atoms with Crippen molar-refractivity contribution in [3.05, 3.63) is 0 Å². The van der Waals surface area contributed by atoms with E-state index < -0.39 is 10.4 Å². The molecule has 0 aliphatic carbocycles. The molecule has 0 bridgehead atoms. The molecule has 0 unspecified atom stereocenters. The van der Waals surface area contributed by atoms with E-state index in [2.05, 4.69) is 0 Å². The van der Waals surface area contributed by atoms with Gasteiger partial charge in [-0.05, 0) is 6.92 Å². The lowest BCUT2D eigenvalue weighted by atomic mass is 10.8. The van der Waals surface area contributed by atoms with Crippen molar-refractivity contribution in [2.75, 3.05) is 33.0 Å². The zero-order chi connectivity index (χ0) is 13.0. The number of hydroxylamine groups is 2. The van der Waals surface area contributed by atoms with Crippen molar-refractivity contribution in [1.82, 2.24) is 5.23 Å². The first kappa shape index (κ1) is 18.0. The third-order valence-corrected chi connectivity index (χ3v) is 0.911. The summed E-state index contributed by atoms with van der Waals surface area (Å²) in [5.41, 5.74) is 0. The van der Waals surface area contributed by atoms with Gasteiger partial charge in [0.2, 0.25) is 0 Å². The molecule has 0 aromatic heterocycles. The summed E-state index contributed by atoms with van der Waals surface area (Å²) in [6.07, 6.45) is 0. The number of aliphatic hydroxyl groups excluding tert-OH is 2. The Morgan fingerprint density at radius 3 is 1.56 bits per heavy atom. The smallest absolute Gasteiger partial charge is 0.394 e. The van der Waals surface area contributed by atoms with E-state index in [-0.39, 0.29) is 26.4 Å². The van der Waals surface area contributed by atoms with Crippen LogP contribution in [0.3, 0.4) is 0 Å². The average Bonchev–Trinajstić information content (AvgIpc) is 2.16. The van der Waals surface area contributed by atoms with Gasteiger partial charge in [-0.1, -0.05) is 5.23 Å². The van der Waals surface area contributed by atoms with Crippen LogP contribution in [-0.2, 0) is 20.1 Å². The number of rotatable bonds is 7.